The first-order valence-corrected chi connectivity index (χ1v) is 7.32. The maximum atomic E-state index is 12.2. The van der Waals surface area contributed by atoms with Crippen molar-refractivity contribution in [3.8, 4) is 0 Å². The molecule has 1 aliphatic carbocycles. The Labute approximate surface area is 123 Å². The van der Waals surface area contributed by atoms with Gasteiger partial charge in [-0.2, -0.15) is 0 Å². The van der Waals surface area contributed by atoms with Gasteiger partial charge in [0.25, 0.3) is 0 Å². The van der Waals surface area contributed by atoms with Gasteiger partial charge >= 0.3 is 5.97 Å². The van der Waals surface area contributed by atoms with Crippen LogP contribution in [0.5, 0.6) is 0 Å². The minimum Gasteiger partial charge on any atom is -0.481 e. The van der Waals surface area contributed by atoms with Gasteiger partial charge in [-0.05, 0) is 23.5 Å². The Balaban J connectivity index is 1.63. The summed E-state index contributed by atoms with van der Waals surface area (Å²) in [5.74, 6) is -0.757. The van der Waals surface area contributed by atoms with E-state index in [2.05, 4.69) is 0 Å². The second-order valence-electron chi connectivity index (χ2n) is 5.70. The average molecular weight is 289 g/mol. The van der Waals surface area contributed by atoms with E-state index in [1.54, 1.807) is 0 Å². The van der Waals surface area contributed by atoms with Gasteiger partial charge in [-0.15, -0.1) is 0 Å². The number of carboxylic acid groups (broad SMARTS) is 1. The number of morpholine rings is 1. The van der Waals surface area contributed by atoms with Crippen LogP contribution in [-0.2, 0) is 20.7 Å². The molecular formula is C16H19NO4. The van der Waals surface area contributed by atoms with Crippen LogP contribution in [0.3, 0.4) is 0 Å². The molecule has 0 bridgehead atoms. The average Bonchev–Trinajstić information content (AvgIpc) is 3.29. The first kappa shape index (κ1) is 14.1. The minimum absolute atomic E-state index is 0.112. The number of carbonyl (C=O) groups is 2. The maximum absolute atomic E-state index is 12.2. The highest BCUT2D eigenvalue weighted by Gasteiger charge is 2.44. The van der Waals surface area contributed by atoms with Gasteiger partial charge in [-0.1, -0.05) is 24.3 Å². The van der Waals surface area contributed by atoms with Crippen LogP contribution in [0.25, 0.3) is 0 Å². The van der Waals surface area contributed by atoms with Crippen molar-refractivity contribution in [1.29, 1.82) is 0 Å². The van der Waals surface area contributed by atoms with Crippen molar-refractivity contribution < 1.29 is 19.4 Å². The number of hydrogen-bond donors (Lipinski definition) is 1. The molecule has 5 heteroatoms. The maximum Gasteiger partial charge on any atom is 0.307 e. The van der Waals surface area contributed by atoms with E-state index in [1.165, 1.54) is 0 Å². The molecule has 1 aromatic rings. The molecule has 2 aliphatic rings. The summed E-state index contributed by atoms with van der Waals surface area (Å²) in [4.78, 5) is 25.0. The number of ether oxygens (including phenoxy) is 1. The summed E-state index contributed by atoms with van der Waals surface area (Å²) < 4.78 is 5.24. The van der Waals surface area contributed by atoms with Crippen LogP contribution in [0.15, 0.2) is 24.3 Å². The molecule has 1 amide bonds. The summed E-state index contributed by atoms with van der Waals surface area (Å²) in [6.45, 7) is 2.52. The van der Waals surface area contributed by atoms with E-state index >= 15 is 0 Å². The molecule has 2 unspecified atom stereocenters. The third-order valence-electron chi connectivity index (χ3n) is 4.21. The van der Waals surface area contributed by atoms with Crippen LogP contribution in [0.1, 0.15) is 23.5 Å². The Morgan fingerprint density at radius 1 is 1.29 bits per heavy atom. The fraction of sp³-hybridized carbons (Fsp3) is 0.500. The van der Waals surface area contributed by atoms with Gasteiger partial charge in [-0.3, -0.25) is 9.59 Å². The van der Waals surface area contributed by atoms with E-state index in [9.17, 15) is 9.59 Å². The number of carbonyl (C=O) groups excluding carboxylic acids is 1. The fourth-order valence-electron chi connectivity index (χ4n) is 2.87. The van der Waals surface area contributed by atoms with Crippen LogP contribution < -0.4 is 0 Å². The second kappa shape index (κ2) is 5.85. The van der Waals surface area contributed by atoms with Crippen LogP contribution in [0.2, 0.25) is 0 Å². The van der Waals surface area contributed by atoms with Gasteiger partial charge < -0.3 is 14.7 Å². The lowest BCUT2D eigenvalue weighted by atomic mass is 10.0. The van der Waals surface area contributed by atoms with Crippen molar-refractivity contribution in [2.75, 3.05) is 26.3 Å². The molecule has 0 radical (unpaired) electrons. The monoisotopic (exact) mass is 289 g/mol. The normalized spacial score (nSPS) is 24.7. The van der Waals surface area contributed by atoms with E-state index in [-0.39, 0.29) is 17.7 Å². The number of hydrogen-bond acceptors (Lipinski definition) is 3. The van der Waals surface area contributed by atoms with Crippen molar-refractivity contribution in [3.63, 3.8) is 0 Å². The standard InChI is InChI=1S/C16H19NO4/c18-15(17-4-6-21-7-5-17)9-11-2-1-3-12(8-11)13-10-14(13)16(19)20/h1-3,8,13-14H,4-7,9-10H2,(H,19,20). The number of carboxylic acids is 1. The zero-order valence-electron chi connectivity index (χ0n) is 11.8. The van der Waals surface area contributed by atoms with Crippen molar-refractivity contribution >= 4 is 11.9 Å². The van der Waals surface area contributed by atoms with Crippen LogP contribution >= 0.6 is 0 Å². The van der Waals surface area contributed by atoms with Gasteiger partial charge in [0, 0.05) is 13.1 Å². The highest BCUT2D eigenvalue weighted by atomic mass is 16.5. The minimum atomic E-state index is -0.727. The van der Waals surface area contributed by atoms with Gasteiger partial charge in [0.2, 0.25) is 5.91 Å². The Hall–Kier alpha value is -1.88. The van der Waals surface area contributed by atoms with Gasteiger partial charge in [0.15, 0.2) is 0 Å². The zero-order chi connectivity index (χ0) is 14.8. The van der Waals surface area contributed by atoms with Gasteiger partial charge in [0.05, 0.1) is 25.6 Å². The summed E-state index contributed by atoms with van der Waals surface area (Å²) in [5, 5.41) is 9.00. The zero-order valence-corrected chi connectivity index (χ0v) is 11.8. The summed E-state index contributed by atoms with van der Waals surface area (Å²) in [6.07, 6.45) is 1.08. The molecule has 1 saturated heterocycles. The summed E-state index contributed by atoms with van der Waals surface area (Å²) in [6, 6.07) is 7.77. The van der Waals surface area contributed by atoms with Crippen molar-refractivity contribution in [2.24, 2.45) is 5.92 Å². The molecule has 2 atom stereocenters. The molecule has 1 aromatic carbocycles. The van der Waals surface area contributed by atoms with E-state index in [0.29, 0.717) is 39.1 Å². The molecule has 112 valence electrons. The summed E-state index contributed by atoms with van der Waals surface area (Å²) in [7, 11) is 0. The molecule has 1 aliphatic heterocycles. The molecule has 0 spiro atoms. The van der Waals surface area contributed by atoms with E-state index in [1.807, 2.05) is 29.2 Å². The van der Waals surface area contributed by atoms with Crippen molar-refractivity contribution in [2.45, 2.75) is 18.8 Å². The third-order valence-corrected chi connectivity index (χ3v) is 4.21. The van der Waals surface area contributed by atoms with Crippen LogP contribution in [-0.4, -0.2) is 48.2 Å². The Kier molecular flexibility index (Phi) is 3.92. The molecular weight excluding hydrogens is 270 g/mol. The number of rotatable bonds is 4. The van der Waals surface area contributed by atoms with E-state index in [0.717, 1.165) is 11.1 Å². The molecule has 5 nitrogen and oxygen atoms in total. The predicted molar refractivity (Wildman–Crippen MR) is 76.0 cm³/mol. The Morgan fingerprint density at radius 2 is 2.05 bits per heavy atom. The lowest BCUT2D eigenvalue weighted by Crippen LogP contribution is -2.41. The van der Waals surface area contributed by atoms with Gasteiger partial charge in [-0.25, -0.2) is 0 Å². The quantitative estimate of drug-likeness (QED) is 0.906. The number of amides is 1. The topological polar surface area (TPSA) is 66.8 Å². The number of nitrogens with zero attached hydrogens (tertiary/aromatic N) is 1. The molecule has 3 rings (SSSR count). The largest absolute Gasteiger partial charge is 0.481 e. The van der Waals surface area contributed by atoms with Crippen molar-refractivity contribution in [3.05, 3.63) is 35.4 Å². The van der Waals surface area contributed by atoms with Crippen molar-refractivity contribution in [1.82, 2.24) is 4.90 Å². The number of benzene rings is 1. The molecule has 0 aromatic heterocycles. The Morgan fingerprint density at radius 3 is 2.71 bits per heavy atom. The molecule has 21 heavy (non-hydrogen) atoms. The van der Waals surface area contributed by atoms with Crippen LogP contribution in [0, 0.1) is 5.92 Å². The summed E-state index contributed by atoms with van der Waals surface area (Å²) >= 11 is 0. The van der Waals surface area contributed by atoms with E-state index in [4.69, 9.17) is 9.84 Å². The third kappa shape index (κ3) is 3.24. The highest BCUT2D eigenvalue weighted by Crippen LogP contribution is 2.47. The SMILES string of the molecule is O=C(O)C1CC1c1cccc(CC(=O)N2CCOCC2)c1. The predicted octanol–water partition coefficient (Wildman–Crippen LogP) is 1.28. The van der Waals surface area contributed by atoms with Crippen LogP contribution in [0.4, 0.5) is 0 Å². The number of aliphatic carboxylic acids is 1. The second-order valence-corrected chi connectivity index (χ2v) is 5.70. The molecule has 1 saturated carbocycles. The first-order valence-electron chi connectivity index (χ1n) is 7.32. The Bertz CT molecular complexity index is 551. The first-order chi connectivity index (χ1) is 10.1. The molecule has 1 N–H and O–H groups in total. The highest BCUT2D eigenvalue weighted by molar-refractivity contribution is 5.79. The lowest BCUT2D eigenvalue weighted by Gasteiger charge is -2.26. The fourth-order valence-corrected chi connectivity index (χ4v) is 2.87. The summed E-state index contributed by atoms with van der Waals surface area (Å²) in [5.41, 5.74) is 2.00. The van der Waals surface area contributed by atoms with Gasteiger partial charge in [0.1, 0.15) is 0 Å². The smallest absolute Gasteiger partial charge is 0.307 e. The van der Waals surface area contributed by atoms with E-state index < -0.39 is 5.97 Å². The molecule has 1 heterocycles. The molecule has 2 fully saturated rings. The lowest BCUT2D eigenvalue weighted by molar-refractivity contribution is -0.138.